The largest absolute Gasteiger partial charge is 0.381 e. The van der Waals surface area contributed by atoms with Gasteiger partial charge in [-0.3, -0.25) is 19.1 Å². The number of hydrogen-bond acceptors (Lipinski definition) is 4. The van der Waals surface area contributed by atoms with E-state index in [0.29, 0.717) is 12.5 Å². The highest BCUT2D eigenvalue weighted by Gasteiger charge is 2.36. The Morgan fingerprint density at radius 2 is 2.00 bits per heavy atom. The van der Waals surface area contributed by atoms with E-state index in [2.05, 4.69) is 36.4 Å². The van der Waals surface area contributed by atoms with Crippen LogP contribution in [0.15, 0.2) is 9.59 Å². The van der Waals surface area contributed by atoms with Crippen molar-refractivity contribution in [2.75, 3.05) is 17.7 Å². The van der Waals surface area contributed by atoms with Crippen molar-refractivity contribution in [3.05, 3.63) is 20.8 Å². The SMILES string of the molecule is CCn1c(NC(=O)[C@H]2C[C@H](C)CC(C)(C)C2)c(NC)c(=O)[nH]c1=O. The second-order valence-corrected chi connectivity index (χ2v) is 7.58. The van der Waals surface area contributed by atoms with Gasteiger partial charge in [-0.2, -0.15) is 0 Å². The molecule has 2 atom stereocenters. The van der Waals surface area contributed by atoms with Crippen molar-refractivity contribution in [1.82, 2.24) is 9.55 Å². The summed E-state index contributed by atoms with van der Waals surface area (Å²) in [5, 5.41) is 5.61. The molecule has 0 saturated heterocycles. The first kappa shape index (κ1) is 18.3. The highest BCUT2D eigenvalue weighted by Crippen LogP contribution is 2.42. The van der Waals surface area contributed by atoms with Crippen molar-refractivity contribution in [3.63, 3.8) is 0 Å². The van der Waals surface area contributed by atoms with Gasteiger partial charge in [0.15, 0.2) is 0 Å². The van der Waals surface area contributed by atoms with Crippen LogP contribution < -0.4 is 21.9 Å². The first-order valence-corrected chi connectivity index (χ1v) is 8.54. The summed E-state index contributed by atoms with van der Waals surface area (Å²) in [5.41, 5.74) is -0.730. The molecule has 0 aliphatic heterocycles. The van der Waals surface area contributed by atoms with Crippen molar-refractivity contribution in [1.29, 1.82) is 0 Å². The standard InChI is InChI=1S/C17H28N4O3/c1-6-21-13(12(18-5)15(23)20-16(21)24)19-14(22)11-7-10(2)8-17(3,4)9-11/h10-11,18H,6-9H2,1-5H3,(H,19,22)(H,20,23,24)/t10-,11-/m0/s1. The van der Waals surface area contributed by atoms with E-state index in [4.69, 9.17) is 0 Å². The van der Waals surface area contributed by atoms with Gasteiger partial charge in [-0.25, -0.2) is 4.79 Å². The minimum absolute atomic E-state index is 0.115. The summed E-state index contributed by atoms with van der Waals surface area (Å²) in [6, 6.07) is 0. The Balaban J connectivity index is 2.35. The number of H-pyrrole nitrogens is 1. The summed E-state index contributed by atoms with van der Waals surface area (Å²) in [6.07, 6.45) is 2.73. The molecule has 0 aromatic carbocycles. The Labute approximate surface area is 141 Å². The summed E-state index contributed by atoms with van der Waals surface area (Å²) in [4.78, 5) is 39.0. The molecule has 1 aromatic heterocycles. The van der Waals surface area contributed by atoms with E-state index in [-0.39, 0.29) is 28.7 Å². The summed E-state index contributed by atoms with van der Waals surface area (Å²) in [6.45, 7) is 8.66. The Morgan fingerprint density at radius 3 is 2.54 bits per heavy atom. The zero-order valence-electron chi connectivity index (χ0n) is 15.2. The fourth-order valence-corrected chi connectivity index (χ4v) is 4.00. The van der Waals surface area contributed by atoms with Gasteiger partial charge in [0.05, 0.1) is 0 Å². The zero-order valence-corrected chi connectivity index (χ0v) is 15.2. The van der Waals surface area contributed by atoms with Crippen LogP contribution in [0.25, 0.3) is 0 Å². The average Bonchev–Trinajstić information content (AvgIpc) is 2.45. The molecule has 1 aliphatic carbocycles. The van der Waals surface area contributed by atoms with E-state index in [1.165, 1.54) is 4.57 Å². The van der Waals surface area contributed by atoms with Crippen LogP contribution in [0.2, 0.25) is 0 Å². The predicted octanol–water partition coefficient (Wildman–Crippen LogP) is 2.00. The van der Waals surface area contributed by atoms with Gasteiger partial charge < -0.3 is 10.6 Å². The van der Waals surface area contributed by atoms with E-state index in [9.17, 15) is 14.4 Å². The molecule has 2 rings (SSSR count). The molecule has 1 heterocycles. The van der Waals surface area contributed by atoms with Crippen molar-refractivity contribution >= 4 is 17.4 Å². The minimum Gasteiger partial charge on any atom is -0.381 e. The fraction of sp³-hybridized carbons (Fsp3) is 0.706. The lowest BCUT2D eigenvalue weighted by atomic mass is 9.68. The maximum Gasteiger partial charge on any atom is 0.330 e. The molecular formula is C17H28N4O3. The van der Waals surface area contributed by atoms with Crippen LogP contribution in [-0.2, 0) is 11.3 Å². The van der Waals surface area contributed by atoms with Gasteiger partial charge in [0.25, 0.3) is 5.56 Å². The van der Waals surface area contributed by atoms with Crippen LogP contribution in [0, 0.1) is 17.3 Å². The number of nitrogens with one attached hydrogen (secondary N) is 3. The van der Waals surface area contributed by atoms with Gasteiger partial charge in [-0.1, -0.05) is 20.8 Å². The Morgan fingerprint density at radius 1 is 1.33 bits per heavy atom. The molecule has 1 fully saturated rings. The van der Waals surface area contributed by atoms with Crippen LogP contribution in [0.1, 0.15) is 47.0 Å². The van der Waals surface area contributed by atoms with Gasteiger partial charge in [0.2, 0.25) is 5.91 Å². The molecule has 7 heteroatoms. The van der Waals surface area contributed by atoms with Crippen LogP contribution >= 0.6 is 0 Å². The zero-order chi connectivity index (χ0) is 18.1. The van der Waals surface area contributed by atoms with Crippen LogP contribution in [0.4, 0.5) is 11.5 Å². The molecule has 24 heavy (non-hydrogen) atoms. The number of aromatic amines is 1. The van der Waals surface area contributed by atoms with Crippen molar-refractivity contribution < 1.29 is 4.79 Å². The summed E-state index contributed by atoms with van der Waals surface area (Å²) >= 11 is 0. The number of nitrogens with zero attached hydrogens (tertiary/aromatic N) is 1. The lowest BCUT2D eigenvalue weighted by Crippen LogP contribution is -2.38. The number of anilines is 2. The molecule has 1 aromatic rings. The summed E-state index contributed by atoms with van der Waals surface area (Å²) < 4.78 is 1.36. The number of carbonyl (C=O) groups is 1. The lowest BCUT2D eigenvalue weighted by Gasteiger charge is -2.38. The van der Waals surface area contributed by atoms with Gasteiger partial charge in [0, 0.05) is 19.5 Å². The molecule has 1 aliphatic rings. The quantitative estimate of drug-likeness (QED) is 0.783. The monoisotopic (exact) mass is 336 g/mol. The minimum atomic E-state index is -0.528. The Bertz CT molecular complexity index is 696. The molecular weight excluding hydrogens is 308 g/mol. The van der Waals surface area contributed by atoms with E-state index >= 15 is 0 Å². The predicted molar refractivity (Wildman–Crippen MR) is 95.5 cm³/mol. The average molecular weight is 336 g/mol. The number of rotatable bonds is 4. The van der Waals surface area contributed by atoms with Crippen LogP contribution in [-0.4, -0.2) is 22.5 Å². The summed E-state index contributed by atoms with van der Waals surface area (Å²) in [5.74, 6) is 0.474. The molecule has 1 amide bonds. The van der Waals surface area contributed by atoms with Crippen molar-refractivity contribution in [2.24, 2.45) is 17.3 Å². The number of carbonyl (C=O) groups excluding carboxylic acids is 1. The number of aromatic nitrogens is 2. The fourth-order valence-electron chi connectivity index (χ4n) is 4.00. The second kappa shape index (κ2) is 6.83. The maximum atomic E-state index is 12.8. The lowest BCUT2D eigenvalue weighted by molar-refractivity contribution is -0.122. The van der Waals surface area contributed by atoms with E-state index in [1.807, 2.05) is 0 Å². The highest BCUT2D eigenvalue weighted by molar-refractivity contribution is 5.94. The third kappa shape index (κ3) is 3.71. The molecule has 134 valence electrons. The van der Waals surface area contributed by atoms with Crippen LogP contribution in [0.5, 0.6) is 0 Å². The molecule has 0 bridgehead atoms. The number of hydrogen-bond donors (Lipinski definition) is 3. The highest BCUT2D eigenvalue weighted by atomic mass is 16.2. The van der Waals surface area contributed by atoms with E-state index in [0.717, 1.165) is 19.3 Å². The summed E-state index contributed by atoms with van der Waals surface area (Å²) in [7, 11) is 1.59. The molecule has 0 unspecified atom stereocenters. The first-order chi connectivity index (χ1) is 11.2. The second-order valence-electron chi connectivity index (χ2n) is 7.58. The van der Waals surface area contributed by atoms with Crippen LogP contribution in [0.3, 0.4) is 0 Å². The maximum absolute atomic E-state index is 12.8. The van der Waals surface area contributed by atoms with Crippen molar-refractivity contribution in [3.8, 4) is 0 Å². The smallest absolute Gasteiger partial charge is 0.330 e. The third-order valence-electron chi connectivity index (χ3n) is 4.76. The Hall–Kier alpha value is -2.05. The van der Waals surface area contributed by atoms with Gasteiger partial charge in [0.1, 0.15) is 11.5 Å². The normalized spacial score (nSPS) is 22.9. The molecule has 0 radical (unpaired) electrons. The van der Waals surface area contributed by atoms with Crippen molar-refractivity contribution in [2.45, 2.75) is 53.5 Å². The number of amides is 1. The van der Waals surface area contributed by atoms with Gasteiger partial charge in [-0.15, -0.1) is 0 Å². The van der Waals surface area contributed by atoms with Gasteiger partial charge in [-0.05, 0) is 37.5 Å². The topological polar surface area (TPSA) is 96.0 Å². The molecule has 3 N–H and O–H groups in total. The third-order valence-corrected chi connectivity index (χ3v) is 4.76. The van der Waals surface area contributed by atoms with E-state index < -0.39 is 11.2 Å². The molecule has 1 saturated carbocycles. The molecule has 7 nitrogen and oxygen atoms in total. The first-order valence-electron chi connectivity index (χ1n) is 8.54. The Kier molecular flexibility index (Phi) is 5.20. The van der Waals surface area contributed by atoms with Gasteiger partial charge >= 0.3 is 5.69 Å². The molecule has 0 spiro atoms. The van der Waals surface area contributed by atoms with E-state index in [1.54, 1.807) is 14.0 Å².